The van der Waals surface area contributed by atoms with Gasteiger partial charge in [-0.2, -0.15) is 0 Å². The van der Waals surface area contributed by atoms with Crippen molar-refractivity contribution in [3.05, 3.63) is 50.3 Å². The van der Waals surface area contributed by atoms with E-state index < -0.39 is 12.0 Å². The average Bonchev–Trinajstić information content (AvgIpc) is 3.10. The van der Waals surface area contributed by atoms with Crippen molar-refractivity contribution < 1.29 is 14.7 Å². The molecule has 0 bridgehead atoms. The number of hydrogen-bond donors (Lipinski definition) is 2. The third kappa shape index (κ3) is 3.13. The Balaban J connectivity index is 1.79. The van der Waals surface area contributed by atoms with E-state index in [4.69, 9.17) is 5.11 Å². The number of carboxylic acids is 1. The lowest BCUT2D eigenvalue weighted by atomic mass is 10.3. The number of nitrogens with zero attached hydrogens (tertiary/aromatic N) is 3. The number of thiazole rings is 1. The number of carboxylic acid groups (broad SMARTS) is 1. The molecule has 9 heteroatoms. The Bertz CT molecular complexity index is 1060. The fourth-order valence-corrected chi connectivity index (χ4v) is 3.72. The fourth-order valence-electron chi connectivity index (χ4n) is 2.81. The van der Waals surface area contributed by atoms with Crippen LogP contribution in [0.25, 0.3) is 11.0 Å². The van der Waals surface area contributed by atoms with Crippen LogP contribution in [0.5, 0.6) is 0 Å². The molecular formula is C17H18N4O4S. The molecule has 0 fully saturated rings. The van der Waals surface area contributed by atoms with Crippen LogP contribution in [-0.4, -0.2) is 31.1 Å². The molecule has 0 aliphatic carbocycles. The summed E-state index contributed by atoms with van der Waals surface area (Å²) in [5.41, 5.74) is 1.58. The van der Waals surface area contributed by atoms with Gasteiger partial charge in [-0.25, -0.2) is 14.6 Å². The number of rotatable bonds is 5. The number of carbonyl (C=O) groups is 2. The fraction of sp³-hybridized carbons (Fsp3) is 0.294. The normalized spacial score (nSPS) is 12.3. The zero-order chi connectivity index (χ0) is 19.0. The summed E-state index contributed by atoms with van der Waals surface area (Å²) in [6, 6.07) is 6.80. The molecule has 1 aromatic carbocycles. The van der Waals surface area contributed by atoms with Crippen LogP contribution in [-0.2, 0) is 18.4 Å². The van der Waals surface area contributed by atoms with E-state index in [9.17, 15) is 14.4 Å². The van der Waals surface area contributed by atoms with Gasteiger partial charge in [-0.3, -0.25) is 13.9 Å². The number of hydrogen-bond acceptors (Lipinski definition) is 5. The molecule has 1 unspecified atom stereocenters. The lowest BCUT2D eigenvalue weighted by Gasteiger charge is -2.11. The van der Waals surface area contributed by atoms with Crippen molar-refractivity contribution in [2.24, 2.45) is 7.05 Å². The number of aromatic nitrogens is 3. The zero-order valence-corrected chi connectivity index (χ0v) is 15.3. The van der Waals surface area contributed by atoms with Crippen molar-refractivity contribution in [3.63, 3.8) is 0 Å². The lowest BCUT2D eigenvalue weighted by molar-refractivity contribution is -0.122. The van der Waals surface area contributed by atoms with Crippen LogP contribution in [0.4, 0.5) is 0 Å². The SMILES string of the molecule is Cc1nc(C(C)NC(=O)Cn2c(=O)n(C)c3ccccc32)sc1C(=O)O. The Hall–Kier alpha value is -2.94. The Morgan fingerprint density at radius 1 is 1.31 bits per heavy atom. The predicted molar refractivity (Wildman–Crippen MR) is 97.5 cm³/mol. The monoisotopic (exact) mass is 374 g/mol. The molecule has 8 nitrogen and oxygen atoms in total. The summed E-state index contributed by atoms with van der Waals surface area (Å²) in [5, 5.41) is 12.4. The number of para-hydroxylation sites is 2. The van der Waals surface area contributed by atoms with E-state index in [1.54, 1.807) is 27.0 Å². The molecule has 2 N–H and O–H groups in total. The number of fused-ring (bicyclic) bond motifs is 1. The van der Waals surface area contributed by atoms with Gasteiger partial charge in [0.25, 0.3) is 0 Å². The first-order chi connectivity index (χ1) is 12.3. The minimum Gasteiger partial charge on any atom is -0.477 e. The van der Waals surface area contributed by atoms with Crippen molar-refractivity contribution in [1.82, 2.24) is 19.4 Å². The summed E-state index contributed by atoms with van der Waals surface area (Å²) in [6.45, 7) is 3.22. The van der Waals surface area contributed by atoms with Crippen LogP contribution in [0.3, 0.4) is 0 Å². The van der Waals surface area contributed by atoms with Crippen molar-refractivity contribution in [2.75, 3.05) is 0 Å². The second-order valence-corrected chi connectivity index (χ2v) is 7.01. The Morgan fingerprint density at radius 3 is 2.58 bits per heavy atom. The lowest BCUT2D eigenvalue weighted by Crippen LogP contribution is -2.34. The summed E-state index contributed by atoms with van der Waals surface area (Å²) in [7, 11) is 1.66. The highest BCUT2D eigenvalue weighted by Crippen LogP contribution is 2.23. The zero-order valence-electron chi connectivity index (χ0n) is 14.5. The minimum atomic E-state index is -1.04. The first kappa shape index (κ1) is 17.9. The standard InChI is InChI=1S/C17H18N4O4S/c1-9-14(16(23)24)26-15(19-9)10(2)18-13(22)8-21-12-7-5-4-6-11(12)20(3)17(21)25/h4-7,10H,8H2,1-3H3,(H,18,22)(H,23,24). The number of imidazole rings is 1. The Labute approximate surface area is 152 Å². The highest BCUT2D eigenvalue weighted by Gasteiger charge is 2.20. The molecule has 0 saturated carbocycles. The number of nitrogens with one attached hydrogen (secondary N) is 1. The largest absolute Gasteiger partial charge is 0.477 e. The van der Waals surface area contributed by atoms with Gasteiger partial charge in [0, 0.05) is 7.05 Å². The molecular weight excluding hydrogens is 356 g/mol. The number of benzene rings is 1. The van der Waals surface area contributed by atoms with E-state index in [2.05, 4.69) is 10.3 Å². The van der Waals surface area contributed by atoms with E-state index in [0.29, 0.717) is 16.2 Å². The summed E-state index contributed by atoms with van der Waals surface area (Å²) >= 11 is 1.04. The predicted octanol–water partition coefficient (Wildman–Crippen LogP) is 1.68. The van der Waals surface area contributed by atoms with Crippen molar-refractivity contribution in [2.45, 2.75) is 26.4 Å². The highest BCUT2D eigenvalue weighted by atomic mass is 32.1. The average molecular weight is 374 g/mol. The van der Waals surface area contributed by atoms with Gasteiger partial charge in [0.2, 0.25) is 5.91 Å². The number of aromatic carboxylic acids is 1. The van der Waals surface area contributed by atoms with Crippen LogP contribution in [0.2, 0.25) is 0 Å². The van der Waals surface area contributed by atoms with Crippen molar-refractivity contribution in [1.29, 1.82) is 0 Å². The van der Waals surface area contributed by atoms with E-state index in [-0.39, 0.29) is 23.0 Å². The highest BCUT2D eigenvalue weighted by molar-refractivity contribution is 7.13. The summed E-state index contributed by atoms with van der Waals surface area (Å²) in [6.07, 6.45) is 0. The third-order valence-electron chi connectivity index (χ3n) is 4.11. The number of aryl methyl sites for hydroxylation is 2. The van der Waals surface area contributed by atoms with Crippen molar-refractivity contribution in [3.8, 4) is 0 Å². The van der Waals surface area contributed by atoms with Crippen LogP contribution in [0, 0.1) is 6.92 Å². The van der Waals surface area contributed by atoms with Gasteiger partial charge in [-0.05, 0) is 26.0 Å². The maximum absolute atomic E-state index is 12.4. The molecule has 0 saturated heterocycles. The van der Waals surface area contributed by atoms with Crippen LogP contribution in [0.15, 0.2) is 29.1 Å². The van der Waals surface area contributed by atoms with Gasteiger partial charge < -0.3 is 10.4 Å². The van der Waals surface area contributed by atoms with E-state index >= 15 is 0 Å². The van der Waals surface area contributed by atoms with Gasteiger partial charge >= 0.3 is 11.7 Å². The number of amides is 1. The van der Waals surface area contributed by atoms with Crippen molar-refractivity contribution >= 4 is 34.2 Å². The molecule has 0 aliphatic heterocycles. The summed E-state index contributed by atoms with van der Waals surface area (Å²) < 4.78 is 2.91. The molecule has 3 rings (SSSR count). The van der Waals surface area contributed by atoms with Gasteiger partial charge in [-0.1, -0.05) is 12.1 Å². The molecule has 2 aromatic heterocycles. The van der Waals surface area contributed by atoms with E-state index in [1.807, 2.05) is 18.2 Å². The van der Waals surface area contributed by atoms with Gasteiger partial charge in [0.15, 0.2) is 0 Å². The topological polar surface area (TPSA) is 106 Å². The summed E-state index contributed by atoms with van der Waals surface area (Å²) in [5.74, 6) is -1.38. The molecule has 3 aromatic rings. The molecule has 26 heavy (non-hydrogen) atoms. The maximum atomic E-state index is 12.4. The molecule has 2 heterocycles. The Kier molecular flexibility index (Phi) is 4.64. The van der Waals surface area contributed by atoms with E-state index in [0.717, 1.165) is 16.9 Å². The minimum absolute atomic E-state index is 0.124. The van der Waals surface area contributed by atoms with E-state index in [1.165, 1.54) is 9.13 Å². The molecule has 1 atom stereocenters. The molecule has 0 spiro atoms. The van der Waals surface area contributed by atoms with Gasteiger partial charge in [-0.15, -0.1) is 11.3 Å². The summed E-state index contributed by atoms with van der Waals surface area (Å²) in [4.78, 5) is 40.3. The first-order valence-electron chi connectivity index (χ1n) is 7.93. The second-order valence-electron chi connectivity index (χ2n) is 5.98. The smallest absolute Gasteiger partial charge is 0.347 e. The number of carbonyl (C=O) groups excluding carboxylic acids is 1. The maximum Gasteiger partial charge on any atom is 0.347 e. The van der Waals surface area contributed by atoms with Gasteiger partial charge in [0.05, 0.1) is 22.8 Å². The quantitative estimate of drug-likeness (QED) is 0.707. The molecule has 136 valence electrons. The van der Waals surface area contributed by atoms with Gasteiger partial charge in [0.1, 0.15) is 16.4 Å². The molecule has 0 aliphatic rings. The second kappa shape index (κ2) is 6.75. The molecule has 1 amide bonds. The van der Waals surface area contributed by atoms with Crippen LogP contribution >= 0.6 is 11.3 Å². The Morgan fingerprint density at radius 2 is 1.96 bits per heavy atom. The molecule has 0 radical (unpaired) electrons. The third-order valence-corrected chi connectivity index (χ3v) is 5.44. The van der Waals surface area contributed by atoms with Crippen LogP contribution in [0.1, 0.15) is 33.3 Å². The van der Waals surface area contributed by atoms with Crippen LogP contribution < -0.4 is 11.0 Å². The first-order valence-corrected chi connectivity index (χ1v) is 8.75.